The molecule has 1 atom stereocenters. The van der Waals surface area contributed by atoms with Crippen molar-refractivity contribution in [2.45, 2.75) is 39.2 Å². The lowest BCUT2D eigenvalue weighted by Gasteiger charge is -2.36. The van der Waals surface area contributed by atoms with Crippen LogP contribution in [0.15, 0.2) is 16.6 Å². The van der Waals surface area contributed by atoms with Gasteiger partial charge >= 0.3 is 11.9 Å². The summed E-state index contributed by atoms with van der Waals surface area (Å²) in [6.45, 7) is 3.80. The Bertz CT molecular complexity index is 659. The van der Waals surface area contributed by atoms with Gasteiger partial charge in [0.1, 0.15) is 6.04 Å². The van der Waals surface area contributed by atoms with Gasteiger partial charge < -0.3 is 15.5 Å². The summed E-state index contributed by atoms with van der Waals surface area (Å²) >= 11 is 3.40. The van der Waals surface area contributed by atoms with Crippen molar-refractivity contribution >= 4 is 33.8 Å². The zero-order chi connectivity index (χ0) is 18.0. The predicted octanol–water partition coefficient (Wildman–Crippen LogP) is 2.29. The van der Waals surface area contributed by atoms with Crippen LogP contribution < -0.4 is 5.32 Å². The van der Waals surface area contributed by atoms with Crippen molar-refractivity contribution in [3.05, 3.63) is 33.3 Å². The molecule has 1 aliphatic carbocycles. The number of aryl methyl sites for hydroxylation is 2. The van der Waals surface area contributed by atoms with Gasteiger partial charge in [0, 0.05) is 4.47 Å². The fraction of sp³-hybridized carbons (Fsp3) is 0.471. The third-order valence-electron chi connectivity index (χ3n) is 4.58. The van der Waals surface area contributed by atoms with E-state index < -0.39 is 23.9 Å². The Morgan fingerprint density at radius 3 is 2.21 bits per heavy atom. The summed E-state index contributed by atoms with van der Waals surface area (Å²) in [5.74, 6) is -3.25. The van der Waals surface area contributed by atoms with Crippen molar-refractivity contribution in [1.82, 2.24) is 5.32 Å². The number of hydrogen-bond acceptors (Lipinski definition) is 3. The van der Waals surface area contributed by atoms with Gasteiger partial charge in [-0.05, 0) is 61.4 Å². The fourth-order valence-corrected chi connectivity index (χ4v) is 3.81. The second kappa shape index (κ2) is 7.34. The lowest BCUT2D eigenvalue weighted by molar-refractivity contribution is -0.152. The summed E-state index contributed by atoms with van der Waals surface area (Å²) in [7, 11) is 0. The van der Waals surface area contributed by atoms with Crippen LogP contribution in [0.1, 0.15) is 29.5 Å². The highest BCUT2D eigenvalue weighted by Crippen LogP contribution is 2.36. The lowest BCUT2D eigenvalue weighted by atomic mass is 9.71. The number of rotatable bonds is 6. The molecular formula is C17H20BrNO5. The molecule has 130 valence electrons. The molecule has 0 bridgehead atoms. The molecule has 1 aromatic carbocycles. The topological polar surface area (TPSA) is 104 Å². The van der Waals surface area contributed by atoms with Crippen LogP contribution in [0.25, 0.3) is 0 Å². The average Bonchev–Trinajstić information content (AvgIpc) is 2.39. The minimum atomic E-state index is -1.12. The van der Waals surface area contributed by atoms with E-state index in [9.17, 15) is 19.5 Å². The number of carbonyl (C=O) groups excluding carboxylic acids is 1. The molecule has 1 amide bonds. The Kier molecular flexibility index (Phi) is 5.64. The van der Waals surface area contributed by atoms with Crippen LogP contribution in [-0.4, -0.2) is 34.1 Å². The first-order chi connectivity index (χ1) is 11.2. The molecule has 0 aliphatic heterocycles. The van der Waals surface area contributed by atoms with Crippen LogP contribution in [0.2, 0.25) is 0 Å². The van der Waals surface area contributed by atoms with E-state index >= 15 is 0 Å². The highest BCUT2D eigenvalue weighted by atomic mass is 79.9. The number of carbonyl (C=O) groups is 3. The van der Waals surface area contributed by atoms with E-state index in [-0.39, 0.29) is 31.1 Å². The second-order valence-electron chi connectivity index (χ2n) is 6.34. The summed E-state index contributed by atoms with van der Waals surface area (Å²) in [5, 5.41) is 20.8. The molecule has 0 heterocycles. The predicted molar refractivity (Wildman–Crippen MR) is 90.7 cm³/mol. The minimum absolute atomic E-state index is 0.101. The van der Waals surface area contributed by atoms with Crippen molar-refractivity contribution in [3.63, 3.8) is 0 Å². The molecule has 1 unspecified atom stereocenters. The third kappa shape index (κ3) is 4.14. The largest absolute Gasteiger partial charge is 0.481 e. The van der Waals surface area contributed by atoms with Crippen LogP contribution in [0.4, 0.5) is 0 Å². The second-order valence-corrected chi connectivity index (χ2v) is 7.26. The van der Waals surface area contributed by atoms with Crippen LogP contribution in [-0.2, 0) is 20.8 Å². The van der Waals surface area contributed by atoms with Crippen LogP contribution in [0, 0.1) is 25.7 Å². The van der Waals surface area contributed by atoms with Gasteiger partial charge in [0.15, 0.2) is 0 Å². The molecule has 1 fully saturated rings. The Labute approximate surface area is 148 Å². The van der Waals surface area contributed by atoms with Gasteiger partial charge in [0.05, 0.1) is 12.3 Å². The van der Waals surface area contributed by atoms with Gasteiger partial charge in [-0.3, -0.25) is 9.59 Å². The third-order valence-corrected chi connectivity index (χ3v) is 5.03. The first-order valence-electron chi connectivity index (χ1n) is 7.69. The molecule has 1 aliphatic rings. The van der Waals surface area contributed by atoms with Crippen LogP contribution in [0.5, 0.6) is 0 Å². The zero-order valence-corrected chi connectivity index (χ0v) is 15.1. The summed E-state index contributed by atoms with van der Waals surface area (Å²) in [6.07, 6.45) is 0.662. The van der Waals surface area contributed by atoms with E-state index in [4.69, 9.17) is 5.11 Å². The van der Waals surface area contributed by atoms with E-state index in [0.29, 0.717) is 0 Å². The highest BCUT2D eigenvalue weighted by Gasteiger charge is 2.42. The number of carboxylic acids is 2. The molecule has 6 nitrogen and oxygen atoms in total. The smallest absolute Gasteiger partial charge is 0.326 e. The molecule has 24 heavy (non-hydrogen) atoms. The maximum Gasteiger partial charge on any atom is 0.326 e. The van der Waals surface area contributed by atoms with Crippen molar-refractivity contribution in [3.8, 4) is 0 Å². The number of aliphatic carboxylic acids is 2. The number of amides is 1. The summed E-state index contributed by atoms with van der Waals surface area (Å²) < 4.78 is 0.930. The van der Waals surface area contributed by atoms with Gasteiger partial charge in [-0.1, -0.05) is 15.9 Å². The van der Waals surface area contributed by atoms with Crippen molar-refractivity contribution < 1.29 is 24.6 Å². The maximum absolute atomic E-state index is 12.3. The number of carboxylic acid groups (broad SMARTS) is 2. The van der Waals surface area contributed by atoms with Crippen molar-refractivity contribution in [1.29, 1.82) is 0 Å². The Morgan fingerprint density at radius 2 is 1.75 bits per heavy atom. The molecule has 7 heteroatoms. The van der Waals surface area contributed by atoms with E-state index in [1.807, 2.05) is 26.0 Å². The molecular weight excluding hydrogens is 378 g/mol. The quantitative estimate of drug-likeness (QED) is 0.682. The van der Waals surface area contributed by atoms with Gasteiger partial charge in [0.25, 0.3) is 0 Å². The van der Waals surface area contributed by atoms with Gasteiger partial charge in [-0.25, -0.2) is 4.79 Å². The van der Waals surface area contributed by atoms with Gasteiger partial charge in [-0.15, -0.1) is 0 Å². The lowest BCUT2D eigenvalue weighted by Crippen LogP contribution is -2.51. The molecule has 0 aromatic heterocycles. The first kappa shape index (κ1) is 18.4. The average molecular weight is 398 g/mol. The number of nitrogens with one attached hydrogen (secondary N) is 1. The standard InChI is InChI=1S/C17H20BrNO5/c1-8-3-12(18)4-9(2)13(8)7-14(20)19-15(17(23)24)10-5-11(6-10)16(21)22/h3-4,10-11,15H,5-7H2,1-2H3,(H,19,20)(H,21,22)(H,23,24). The molecule has 0 spiro atoms. The van der Waals surface area contributed by atoms with E-state index in [1.54, 1.807) is 0 Å². The van der Waals surface area contributed by atoms with E-state index in [1.165, 1.54) is 0 Å². The molecule has 1 aromatic rings. The zero-order valence-electron chi connectivity index (χ0n) is 13.5. The minimum Gasteiger partial charge on any atom is -0.481 e. The van der Waals surface area contributed by atoms with Gasteiger partial charge in [0.2, 0.25) is 5.91 Å². The number of hydrogen-bond donors (Lipinski definition) is 3. The SMILES string of the molecule is Cc1cc(Br)cc(C)c1CC(=O)NC(C(=O)O)C1CC(C(=O)O)C1. The maximum atomic E-state index is 12.3. The van der Waals surface area contributed by atoms with E-state index in [0.717, 1.165) is 21.2 Å². The van der Waals surface area contributed by atoms with Gasteiger partial charge in [-0.2, -0.15) is 0 Å². The van der Waals surface area contributed by atoms with Crippen LogP contribution in [0.3, 0.4) is 0 Å². The summed E-state index contributed by atoms with van der Waals surface area (Å²) in [4.78, 5) is 34.5. The summed E-state index contributed by atoms with van der Waals surface area (Å²) in [5.41, 5.74) is 2.79. The highest BCUT2D eigenvalue weighted by molar-refractivity contribution is 9.10. The molecule has 1 saturated carbocycles. The van der Waals surface area contributed by atoms with Crippen molar-refractivity contribution in [2.75, 3.05) is 0 Å². The monoisotopic (exact) mass is 397 g/mol. The Morgan fingerprint density at radius 1 is 1.21 bits per heavy atom. The number of benzene rings is 1. The fourth-order valence-electron chi connectivity index (χ4n) is 3.12. The normalized spacial score (nSPS) is 20.8. The first-order valence-corrected chi connectivity index (χ1v) is 8.49. The van der Waals surface area contributed by atoms with Crippen molar-refractivity contribution in [2.24, 2.45) is 11.8 Å². The van der Waals surface area contributed by atoms with Crippen LogP contribution >= 0.6 is 15.9 Å². The Balaban J connectivity index is 2.02. The molecule has 2 rings (SSSR count). The number of halogens is 1. The Hall–Kier alpha value is -1.89. The van der Waals surface area contributed by atoms with E-state index in [2.05, 4.69) is 21.2 Å². The molecule has 0 radical (unpaired) electrons. The molecule has 3 N–H and O–H groups in total. The summed E-state index contributed by atoms with van der Waals surface area (Å²) in [6, 6.07) is 2.78. The molecule has 0 saturated heterocycles.